The van der Waals surface area contributed by atoms with Crippen LogP contribution in [-0.2, 0) is 21.7 Å². The van der Waals surface area contributed by atoms with Gasteiger partial charge in [0, 0.05) is 8.07 Å². The van der Waals surface area contributed by atoms with Crippen LogP contribution in [0.3, 0.4) is 0 Å². The Hall–Kier alpha value is -0.829. The molecule has 0 saturated heterocycles. The minimum absolute atomic E-state index is 0. The molecule has 28 heavy (non-hydrogen) atoms. The third-order valence-corrected chi connectivity index (χ3v) is 9.68. The SMILES string of the molecule is Cc1[cH-]c2cccc(C)c2c1[Si](C)(C)c1c(C)[cH-]c2cccc(C)c12.[Cl-].[Cl-].[Ti+4]. The van der Waals surface area contributed by atoms with Crippen LogP contribution in [0.5, 0.6) is 0 Å². The average molecular weight is 461 g/mol. The molecule has 0 amide bonds. The van der Waals surface area contributed by atoms with Crippen molar-refractivity contribution in [2.45, 2.75) is 40.8 Å². The van der Waals surface area contributed by atoms with Crippen LogP contribution in [0.15, 0.2) is 48.5 Å². The molecule has 0 N–H and O–H groups in total. The standard InChI is InChI=1S/C24H26Si.2ClH.Ti/c1-15-9-7-11-19-13-17(3)23(21(15)19)25(5,6)24-18(4)14-20-12-8-10-16(2)22(20)24;;;/h7-14H,1-6H3;2*1H;/q-2;;;+4/p-2. The van der Waals surface area contributed by atoms with Crippen LogP contribution in [-0.4, -0.2) is 8.07 Å². The average Bonchev–Trinajstić information content (AvgIpc) is 3.05. The van der Waals surface area contributed by atoms with Gasteiger partial charge in [0.05, 0.1) is 0 Å². The van der Waals surface area contributed by atoms with Crippen molar-refractivity contribution in [3.05, 3.63) is 70.8 Å². The summed E-state index contributed by atoms with van der Waals surface area (Å²) in [6.07, 6.45) is 0. The van der Waals surface area contributed by atoms with E-state index in [1.807, 2.05) is 0 Å². The van der Waals surface area contributed by atoms with E-state index in [9.17, 15) is 0 Å². The number of halogens is 2. The first-order chi connectivity index (χ1) is 11.8. The van der Waals surface area contributed by atoms with Gasteiger partial charge in [-0.25, -0.2) is 0 Å². The summed E-state index contributed by atoms with van der Waals surface area (Å²) in [6.45, 7) is 14.2. The van der Waals surface area contributed by atoms with Crippen molar-refractivity contribution in [2.75, 3.05) is 0 Å². The summed E-state index contributed by atoms with van der Waals surface area (Å²) in [5.74, 6) is 0. The van der Waals surface area contributed by atoms with Crippen LogP contribution < -0.4 is 35.2 Å². The van der Waals surface area contributed by atoms with Crippen LogP contribution in [0.25, 0.3) is 21.5 Å². The molecule has 0 unspecified atom stereocenters. The van der Waals surface area contributed by atoms with E-state index < -0.39 is 8.07 Å². The summed E-state index contributed by atoms with van der Waals surface area (Å²) in [6, 6.07) is 18.2. The topological polar surface area (TPSA) is 0 Å². The minimum Gasteiger partial charge on any atom is -1.00 e. The Morgan fingerprint density at radius 2 is 1.00 bits per heavy atom. The summed E-state index contributed by atoms with van der Waals surface area (Å²) in [5.41, 5.74) is 5.74. The maximum Gasteiger partial charge on any atom is 4.00 e. The molecular formula is C24H26Cl2SiTi. The summed E-state index contributed by atoms with van der Waals surface area (Å²) in [7, 11) is -1.83. The molecule has 0 saturated carbocycles. The van der Waals surface area contributed by atoms with Gasteiger partial charge in [0.25, 0.3) is 0 Å². The Labute approximate surface area is 197 Å². The Morgan fingerprint density at radius 1 is 0.643 bits per heavy atom. The van der Waals surface area contributed by atoms with E-state index in [0.717, 1.165) is 0 Å². The Kier molecular flexibility index (Phi) is 8.01. The summed E-state index contributed by atoms with van der Waals surface area (Å²) in [5, 5.41) is 9.05. The molecule has 0 radical (unpaired) electrons. The number of benzene rings is 2. The molecule has 0 nitrogen and oxygen atoms in total. The predicted molar refractivity (Wildman–Crippen MR) is 115 cm³/mol. The molecule has 4 aromatic carbocycles. The van der Waals surface area contributed by atoms with Gasteiger partial charge in [-0.1, -0.05) is 50.2 Å². The fraction of sp³-hybridized carbons (Fsp3) is 0.250. The molecule has 0 atom stereocenters. The monoisotopic (exact) mass is 460 g/mol. The molecule has 144 valence electrons. The van der Waals surface area contributed by atoms with Crippen molar-refractivity contribution in [2.24, 2.45) is 0 Å². The largest absolute Gasteiger partial charge is 4.00 e. The van der Waals surface area contributed by atoms with E-state index in [-0.39, 0.29) is 46.5 Å². The molecule has 0 spiro atoms. The van der Waals surface area contributed by atoms with Crippen molar-refractivity contribution in [3.63, 3.8) is 0 Å². The molecule has 0 aromatic heterocycles. The van der Waals surface area contributed by atoms with Gasteiger partial charge in [0.2, 0.25) is 0 Å². The zero-order valence-corrected chi connectivity index (χ0v) is 21.4. The van der Waals surface area contributed by atoms with Gasteiger partial charge in [0.15, 0.2) is 0 Å². The zero-order valence-electron chi connectivity index (χ0n) is 17.4. The van der Waals surface area contributed by atoms with Gasteiger partial charge in [-0.3, -0.25) is 0 Å². The fourth-order valence-electron chi connectivity index (χ4n) is 5.05. The van der Waals surface area contributed by atoms with E-state index in [1.54, 1.807) is 10.4 Å². The smallest absolute Gasteiger partial charge is 1.00 e. The van der Waals surface area contributed by atoms with Crippen LogP contribution in [0.4, 0.5) is 0 Å². The zero-order chi connectivity index (χ0) is 17.9. The first kappa shape index (κ1) is 25.2. The van der Waals surface area contributed by atoms with Gasteiger partial charge in [0.1, 0.15) is 0 Å². The van der Waals surface area contributed by atoms with Crippen molar-refractivity contribution in [1.29, 1.82) is 0 Å². The molecule has 0 aliphatic rings. The van der Waals surface area contributed by atoms with Gasteiger partial charge < -0.3 is 24.8 Å². The molecular weight excluding hydrogens is 435 g/mol. The predicted octanol–water partition coefficient (Wildman–Crippen LogP) is -0.507. The summed E-state index contributed by atoms with van der Waals surface area (Å²) in [4.78, 5) is 0. The normalized spacial score (nSPS) is 11.1. The van der Waals surface area contributed by atoms with Gasteiger partial charge >= 0.3 is 21.7 Å². The first-order valence-corrected chi connectivity index (χ1v) is 12.1. The van der Waals surface area contributed by atoms with E-state index >= 15 is 0 Å². The maximum absolute atomic E-state index is 2.54. The molecule has 0 bridgehead atoms. The second-order valence-electron chi connectivity index (χ2n) is 8.11. The van der Waals surface area contributed by atoms with Gasteiger partial charge in [-0.15, -0.1) is 69.1 Å². The molecule has 0 heterocycles. The Balaban J connectivity index is 0.00000131. The summed E-state index contributed by atoms with van der Waals surface area (Å²) < 4.78 is 0. The minimum atomic E-state index is -1.83. The van der Waals surface area contributed by atoms with Gasteiger partial charge in [-0.2, -0.15) is 10.4 Å². The number of hydrogen-bond acceptors (Lipinski definition) is 0. The molecule has 4 rings (SSSR count). The van der Waals surface area contributed by atoms with Crippen LogP contribution in [0.1, 0.15) is 22.3 Å². The van der Waals surface area contributed by atoms with Crippen molar-refractivity contribution in [3.8, 4) is 0 Å². The molecule has 4 heteroatoms. The summed E-state index contributed by atoms with van der Waals surface area (Å²) >= 11 is 0. The van der Waals surface area contributed by atoms with E-state index in [1.165, 1.54) is 43.8 Å². The Bertz CT molecular complexity index is 1030. The molecule has 0 fully saturated rings. The molecule has 4 aromatic rings. The third kappa shape index (κ3) is 3.69. The second-order valence-corrected chi connectivity index (χ2v) is 12.4. The van der Waals surface area contributed by atoms with E-state index in [0.29, 0.717) is 0 Å². The third-order valence-electron chi connectivity index (χ3n) is 5.89. The van der Waals surface area contributed by atoms with E-state index in [4.69, 9.17) is 0 Å². The number of aryl methyl sites for hydroxylation is 4. The first-order valence-electron chi connectivity index (χ1n) is 9.14. The second kappa shape index (κ2) is 8.90. The number of fused-ring (bicyclic) bond motifs is 2. The quantitative estimate of drug-likeness (QED) is 0.279. The number of hydrogen-bond donors (Lipinski definition) is 0. The van der Waals surface area contributed by atoms with Crippen LogP contribution >= 0.6 is 0 Å². The van der Waals surface area contributed by atoms with Crippen LogP contribution in [0.2, 0.25) is 13.1 Å². The van der Waals surface area contributed by atoms with E-state index in [2.05, 4.69) is 89.3 Å². The van der Waals surface area contributed by atoms with Crippen molar-refractivity contribution >= 4 is 40.0 Å². The fourth-order valence-corrected chi connectivity index (χ4v) is 9.34. The van der Waals surface area contributed by atoms with Crippen LogP contribution in [0, 0.1) is 27.7 Å². The maximum atomic E-state index is 2.54. The van der Waals surface area contributed by atoms with Crippen molar-refractivity contribution < 1.29 is 46.5 Å². The number of rotatable bonds is 2. The molecule has 0 aliphatic carbocycles. The van der Waals surface area contributed by atoms with Crippen molar-refractivity contribution in [1.82, 2.24) is 0 Å². The molecule has 0 aliphatic heterocycles. The van der Waals surface area contributed by atoms with Gasteiger partial charge in [-0.05, 0) is 13.8 Å². The Morgan fingerprint density at radius 3 is 1.36 bits per heavy atom.